The summed E-state index contributed by atoms with van der Waals surface area (Å²) in [6.45, 7) is 24.6. The van der Waals surface area contributed by atoms with Crippen molar-refractivity contribution in [3.8, 4) is 11.1 Å². The van der Waals surface area contributed by atoms with Crippen molar-refractivity contribution in [3.63, 3.8) is 0 Å². The van der Waals surface area contributed by atoms with Crippen LogP contribution < -0.4 is 20.7 Å². The zero-order valence-electron chi connectivity index (χ0n) is 37.9. The van der Waals surface area contributed by atoms with Crippen molar-refractivity contribution in [1.29, 1.82) is 0 Å². The average Bonchev–Trinajstić information content (AvgIpc) is 3.57. The molecular weight excluding hydrogens is 750 g/mol. The lowest BCUT2D eigenvalue weighted by atomic mass is 9.79. The van der Waals surface area contributed by atoms with Gasteiger partial charge in [0.25, 0.3) is 0 Å². The van der Waals surface area contributed by atoms with E-state index >= 15 is 0 Å². The number of aryl methyl sites for hydroxylation is 2. The summed E-state index contributed by atoms with van der Waals surface area (Å²) in [6.07, 6.45) is 0. The van der Waals surface area contributed by atoms with Gasteiger partial charge in [0.15, 0.2) is 0 Å². The first-order valence-corrected chi connectivity index (χ1v) is 21.5. The molecule has 6 aromatic rings. The van der Waals surface area contributed by atoms with Gasteiger partial charge in [-0.2, -0.15) is 0 Å². The SMILES string of the molecule is Cc1ccc(N(c2ccc([B]OC(C)(C)C(C)(C)O)cc2)c2ccc3c(c2)-c2cc(N(c4ccc(C)cc4)c4ccc(B5OC(C)(C)C(C)(C)O5)cc4)ccc2C3(C)C)cc1. The molecule has 6 aromatic carbocycles. The van der Waals surface area contributed by atoms with Crippen LogP contribution in [0.1, 0.15) is 91.5 Å². The summed E-state index contributed by atoms with van der Waals surface area (Å²) in [6, 6.07) is 48.3. The van der Waals surface area contributed by atoms with Gasteiger partial charge < -0.3 is 28.9 Å². The van der Waals surface area contributed by atoms with Gasteiger partial charge in [-0.15, -0.1) is 0 Å². The molecule has 311 valence electrons. The molecule has 1 aliphatic carbocycles. The van der Waals surface area contributed by atoms with E-state index in [1.54, 1.807) is 21.3 Å². The van der Waals surface area contributed by atoms with Crippen molar-refractivity contribution < 1.29 is 19.1 Å². The third-order valence-electron chi connectivity index (χ3n) is 13.5. The van der Waals surface area contributed by atoms with E-state index in [1.165, 1.54) is 33.4 Å². The van der Waals surface area contributed by atoms with E-state index in [1.807, 2.05) is 13.8 Å². The second-order valence-corrected chi connectivity index (χ2v) is 19.5. The van der Waals surface area contributed by atoms with E-state index in [4.69, 9.17) is 14.0 Å². The lowest BCUT2D eigenvalue weighted by Gasteiger charge is -2.37. The summed E-state index contributed by atoms with van der Waals surface area (Å²) in [5.41, 5.74) is 13.0. The fraction of sp³-hybridized carbons (Fsp3) is 0.321. The van der Waals surface area contributed by atoms with Crippen LogP contribution >= 0.6 is 0 Å². The molecular formula is C53H59B2N2O4. The molecule has 0 unspecified atom stereocenters. The van der Waals surface area contributed by atoms with E-state index in [-0.39, 0.29) is 5.41 Å². The second kappa shape index (κ2) is 15.4. The molecule has 1 radical (unpaired) electrons. The highest BCUT2D eigenvalue weighted by Crippen LogP contribution is 2.52. The maximum atomic E-state index is 10.6. The van der Waals surface area contributed by atoms with Gasteiger partial charge in [-0.1, -0.05) is 91.1 Å². The molecule has 0 atom stereocenters. The van der Waals surface area contributed by atoms with Crippen LogP contribution in [0.2, 0.25) is 0 Å². The molecule has 1 aliphatic heterocycles. The number of fused-ring (bicyclic) bond motifs is 3. The Morgan fingerprint density at radius 3 is 1.28 bits per heavy atom. The van der Waals surface area contributed by atoms with Gasteiger partial charge in [-0.25, -0.2) is 0 Å². The van der Waals surface area contributed by atoms with Gasteiger partial charge in [-0.3, -0.25) is 0 Å². The van der Waals surface area contributed by atoms with Crippen molar-refractivity contribution in [2.75, 3.05) is 9.80 Å². The maximum Gasteiger partial charge on any atom is 0.494 e. The van der Waals surface area contributed by atoms with Gasteiger partial charge in [0.2, 0.25) is 0 Å². The highest BCUT2D eigenvalue weighted by molar-refractivity contribution is 6.62. The van der Waals surface area contributed by atoms with Gasteiger partial charge in [-0.05, 0) is 170 Å². The van der Waals surface area contributed by atoms with Gasteiger partial charge >= 0.3 is 14.6 Å². The summed E-state index contributed by atoms with van der Waals surface area (Å²) in [5.74, 6) is 0. The highest BCUT2D eigenvalue weighted by Gasteiger charge is 2.51. The van der Waals surface area contributed by atoms with Crippen LogP contribution in [0.5, 0.6) is 0 Å². The van der Waals surface area contributed by atoms with Crippen LogP contribution in [0, 0.1) is 13.8 Å². The zero-order chi connectivity index (χ0) is 43.7. The minimum absolute atomic E-state index is 0.190. The van der Waals surface area contributed by atoms with Crippen LogP contribution in [-0.2, 0) is 19.4 Å². The molecule has 1 saturated heterocycles. The fourth-order valence-corrected chi connectivity index (χ4v) is 8.13. The minimum atomic E-state index is -1.01. The molecule has 6 nitrogen and oxygen atoms in total. The van der Waals surface area contributed by atoms with Crippen LogP contribution in [0.3, 0.4) is 0 Å². The Morgan fingerprint density at radius 1 is 0.525 bits per heavy atom. The lowest BCUT2D eigenvalue weighted by molar-refractivity contribution is -0.0893. The number of anilines is 6. The molecule has 61 heavy (non-hydrogen) atoms. The first-order chi connectivity index (χ1) is 28.6. The number of hydrogen-bond donors (Lipinski definition) is 1. The number of hydrogen-bond acceptors (Lipinski definition) is 6. The first-order valence-electron chi connectivity index (χ1n) is 21.5. The maximum absolute atomic E-state index is 10.6. The van der Waals surface area contributed by atoms with E-state index in [9.17, 15) is 5.11 Å². The smallest absolute Gasteiger partial charge is 0.427 e. The van der Waals surface area contributed by atoms with Crippen LogP contribution in [0.15, 0.2) is 133 Å². The predicted octanol–water partition coefficient (Wildman–Crippen LogP) is 11.7. The molecule has 0 saturated carbocycles. The predicted molar refractivity (Wildman–Crippen MR) is 255 cm³/mol. The second-order valence-electron chi connectivity index (χ2n) is 19.5. The molecule has 0 aromatic heterocycles. The topological polar surface area (TPSA) is 54.4 Å². The zero-order valence-corrected chi connectivity index (χ0v) is 37.9. The number of aliphatic hydroxyl groups is 1. The molecule has 1 N–H and O–H groups in total. The van der Waals surface area contributed by atoms with Crippen molar-refractivity contribution in [1.82, 2.24) is 0 Å². The van der Waals surface area contributed by atoms with Gasteiger partial charge in [0.05, 0.1) is 22.4 Å². The summed E-state index contributed by atoms with van der Waals surface area (Å²) < 4.78 is 18.9. The normalized spacial score (nSPS) is 16.2. The van der Waals surface area contributed by atoms with Gasteiger partial charge in [0.1, 0.15) is 0 Å². The van der Waals surface area contributed by atoms with Crippen molar-refractivity contribution >= 4 is 59.7 Å². The van der Waals surface area contributed by atoms with Gasteiger partial charge in [0, 0.05) is 39.5 Å². The largest absolute Gasteiger partial charge is 0.494 e. The molecule has 1 heterocycles. The Hall–Kier alpha value is -5.11. The van der Waals surface area contributed by atoms with Crippen molar-refractivity contribution in [2.45, 2.75) is 111 Å². The molecule has 1 fully saturated rings. The molecule has 0 spiro atoms. The highest BCUT2D eigenvalue weighted by atomic mass is 16.7. The summed E-state index contributed by atoms with van der Waals surface area (Å²) >= 11 is 0. The van der Waals surface area contributed by atoms with Crippen LogP contribution in [-0.4, -0.2) is 42.1 Å². The molecule has 2 aliphatic rings. The molecule has 8 heteroatoms. The lowest BCUT2D eigenvalue weighted by Crippen LogP contribution is -2.49. The number of benzene rings is 6. The molecule has 0 bridgehead atoms. The van der Waals surface area contributed by atoms with Crippen LogP contribution in [0.25, 0.3) is 11.1 Å². The summed E-state index contributed by atoms with van der Waals surface area (Å²) in [7, 11) is 1.30. The minimum Gasteiger partial charge on any atom is -0.427 e. The Bertz CT molecular complexity index is 2520. The Labute approximate surface area is 364 Å². The third-order valence-corrected chi connectivity index (χ3v) is 13.5. The van der Waals surface area contributed by atoms with E-state index in [0.717, 1.165) is 45.0 Å². The quantitative estimate of drug-likeness (QED) is 0.132. The molecule has 8 rings (SSSR count). The Kier molecular flexibility index (Phi) is 10.7. The first kappa shape index (κ1) is 42.6. The summed E-state index contributed by atoms with van der Waals surface area (Å²) in [5, 5.41) is 10.6. The number of rotatable bonds is 11. The average molecular weight is 810 g/mol. The van der Waals surface area contributed by atoms with E-state index in [2.05, 4.69) is 199 Å². The fourth-order valence-electron chi connectivity index (χ4n) is 8.13. The number of nitrogens with zero attached hydrogens (tertiary/aromatic N) is 2. The van der Waals surface area contributed by atoms with Crippen molar-refractivity contribution in [3.05, 3.63) is 156 Å². The molecule has 0 amide bonds. The Balaban J connectivity index is 1.18. The summed E-state index contributed by atoms with van der Waals surface area (Å²) in [4.78, 5) is 4.66. The van der Waals surface area contributed by atoms with Crippen LogP contribution in [0.4, 0.5) is 34.1 Å². The van der Waals surface area contributed by atoms with Crippen molar-refractivity contribution in [2.24, 2.45) is 0 Å². The van der Waals surface area contributed by atoms with E-state index < -0.39 is 29.5 Å². The Morgan fingerprint density at radius 2 is 0.885 bits per heavy atom. The van der Waals surface area contributed by atoms with E-state index in [0.29, 0.717) is 0 Å². The monoisotopic (exact) mass is 809 g/mol. The third kappa shape index (κ3) is 7.96. The standard InChI is InChI=1S/C53H59B2N2O4/c1-35-13-21-39(22-14-35)56(41-25-17-37(18-26-41)54-59-51(7,8)50(5,6)58)43-29-31-47-45(33-43)46-34-44(30-32-48(46)49(47,3)4)57(40-23-15-36(2)16-24-40)42-27-19-38(20-28-42)55-60-52(9,10)53(11,12)61-55/h13-34,58H,1-12H3.